The lowest BCUT2D eigenvalue weighted by Gasteiger charge is -2.28. The predicted molar refractivity (Wildman–Crippen MR) is 113 cm³/mol. The van der Waals surface area contributed by atoms with E-state index in [0.29, 0.717) is 30.7 Å². The molecule has 2 aromatic rings. The van der Waals surface area contributed by atoms with Gasteiger partial charge in [-0.3, -0.25) is 14.5 Å². The molecule has 0 aliphatic carbocycles. The average molecular weight is 409 g/mol. The van der Waals surface area contributed by atoms with E-state index >= 15 is 0 Å². The minimum Gasteiger partial charge on any atom is -0.379 e. The highest BCUT2D eigenvalue weighted by Gasteiger charge is 2.53. The molecule has 1 heterocycles. The molecule has 7 heteroatoms. The SMILES string of the molecule is CC(C)OCCCNC(=O)CN1C(=O)NC(c2ccccc2)(c2ccccc2)C1=O. The molecule has 1 saturated heterocycles. The molecular weight excluding hydrogens is 382 g/mol. The second-order valence-electron chi connectivity index (χ2n) is 7.43. The number of urea groups is 1. The van der Waals surface area contributed by atoms with Crippen LogP contribution in [0.5, 0.6) is 0 Å². The van der Waals surface area contributed by atoms with E-state index in [2.05, 4.69) is 10.6 Å². The number of ether oxygens (including phenoxy) is 1. The number of imide groups is 1. The summed E-state index contributed by atoms with van der Waals surface area (Å²) < 4.78 is 5.44. The van der Waals surface area contributed by atoms with E-state index in [0.717, 1.165) is 4.90 Å². The second kappa shape index (κ2) is 9.54. The van der Waals surface area contributed by atoms with Crippen molar-refractivity contribution in [2.75, 3.05) is 19.7 Å². The first-order valence-electron chi connectivity index (χ1n) is 10.1. The lowest BCUT2D eigenvalue weighted by Crippen LogP contribution is -2.46. The minimum atomic E-state index is -1.36. The van der Waals surface area contributed by atoms with Crippen LogP contribution in [0.4, 0.5) is 4.79 Å². The lowest BCUT2D eigenvalue weighted by molar-refractivity contribution is -0.134. The monoisotopic (exact) mass is 409 g/mol. The van der Waals surface area contributed by atoms with E-state index in [1.807, 2.05) is 50.2 Å². The molecule has 1 fully saturated rings. The molecule has 2 N–H and O–H groups in total. The number of carbonyl (C=O) groups is 3. The van der Waals surface area contributed by atoms with Gasteiger partial charge in [0, 0.05) is 13.2 Å². The largest absolute Gasteiger partial charge is 0.379 e. The van der Waals surface area contributed by atoms with Gasteiger partial charge in [-0.2, -0.15) is 0 Å². The molecule has 30 heavy (non-hydrogen) atoms. The highest BCUT2D eigenvalue weighted by Crippen LogP contribution is 2.35. The molecule has 4 amide bonds. The maximum atomic E-state index is 13.5. The number of carbonyl (C=O) groups excluding carboxylic acids is 3. The van der Waals surface area contributed by atoms with E-state index < -0.39 is 17.5 Å². The Kier molecular flexibility index (Phi) is 6.84. The number of nitrogens with one attached hydrogen (secondary N) is 2. The van der Waals surface area contributed by atoms with Crippen LogP contribution < -0.4 is 10.6 Å². The first-order valence-corrected chi connectivity index (χ1v) is 10.1. The Morgan fingerprint density at radius 2 is 1.60 bits per heavy atom. The van der Waals surface area contributed by atoms with Gasteiger partial charge in [-0.15, -0.1) is 0 Å². The van der Waals surface area contributed by atoms with E-state index in [1.165, 1.54) is 0 Å². The maximum absolute atomic E-state index is 13.5. The van der Waals surface area contributed by atoms with Crippen molar-refractivity contribution in [2.24, 2.45) is 0 Å². The van der Waals surface area contributed by atoms with Crippen molar-refractivity contribution in [3.05, 3.63) is 71.8 Å². The van der Waals surface area contributed by atoms with E-state index in [-0.39, 0.29) is 18.6 Å². The summed E-state index contributed by atoms with van der Waals surface area (Å²) in [4.78, 5) is 39.5. The van der Waals surface area contributed by atoms with Crippen LogP contribution in [0.25, 0.3) is 0 Å². The van der Waals surface area contributed by atoms with E-state index in [1.54, 1.807) is 24.3 Å². The highest BCUT2D eigenvalue weighted by molar-refractivity contribution is 6.11. The molecule has 0 saturated carbocycles. The van der Waals surface area contributed by atoms with E-state index in [9.17, 15) is 14.4 Å². The number of benzene rings is 2. The van der Waals surface area contributed by atoms with Crippen molar-refractivity contribution in [3.8, 4) is 0 Å². The zero-order chi connectivity index (χ0) is 21.6. The Balaban J connectivity index is 1.75. The first kappa shape index (κ1) is 21.5. The molecule has 158 valence electrons. The highest BCUT2D eigenvalue weighted by atomic mass is 16.5. The normalized spacial score (nSPS) is 15.4. The summed E-state index contributed by atoms with van der Waals surface area (Å²) >= 11 is 0. The summed E-state index contributed by atoms with van der Waals surface area (Å²) in [6, 6.07) is 17.5. The zero-order valence-electron chi connectivity index (χ0n) is 17.3. The molecule has 0 spiro atoms. The van der Waals surface area contributed by atoms with Crippen molar-refractivity contribution >= 4 is 17.8 Å². The van der Waals surface area contributed by atoms with E-state index in [4.69, 9.17) is 4.74 Å². The third-order valence-electron chi connectivity index (χ3n) is 4.92. The summed E-state index contributed by atoms with van der Waals surface area (Å²) in [5, 5.41) is 5.57. The summed E-state index contributed by atoms with van der Waals surface area (Å²) in [6.45, 7) is 4.50. The van der Waals surface area contributed by atoms with Gasteiger partial charge in [0.1, 0.15) is 6.54 Å². The Morgan fingerprint density at radius 3 is 2.13 bits per heavy atom. The van der Waals surface area contributed by atoms with Gasteiger partial charge in [0.2, 0.25) is 5.91 Å². The van der Waals surface area contributed by atoms with Crippen molar-refractivity contribution in [3.63, 3.8) is 0 Å². The van der Waals surface area contributed by atoms with Crippen LogP contribution >= 0.6 is 0 Å². The minimum absolute atomic E-state index is 0.135. The summed E-state index contributed by atoms with van der Waals surface area (Å²) in [7, 11) is 0. The first-order chi connectivity index (χ1) is 14.4. The van der Waals surface area contributed by atoms with Crippen LogP contribution in [-0.4, -0.2) is 48.5 Å². The van der Waals surface area contributed by atoms with Gasteiger partial charge in [0.15, 0.2) is 5.54 Å². The fourth-order valence-corrected chi connectivity index (χ4v) is 3.47. The molecule has 3 rings (SSSR count). The molecule has 2 aromatic carbocycles. The van der Waals surface area contributed by atoms with Crippen LogP contribution in [0.2, 0.25) is 0 Å². The van der Waals surface area contributed by atoms with Crippen molar-refractivity contribution < 1.29 is 19.1 Å². The van der Waals surface area contributed by atoms with Crippen LogP contribution in [0.1, 0.15) is 31.4 Å². The molecule has 0 aromatic heterocycles. The van der Waals surface area contributed by atoms with Crippen LogP contribution in [0.3, 0.4) is 0 Å². The predicted octanol–water partition coefficient (Wildman–Crippen LogP) is 2.41. The van der Waals surface area contributed by atoms with Gasteiger partial charge < -0.3 is 15.4 Å². The number of rotatable bonds is 9. The van der Waals surface area contributed by atoms with Crippen molar-refractivity contribution in [1.82, 2.24) is 15.5 Å². The summed E-state index contributed by atoms with van der Waals surface area (Å²) in [6.07, 6.45) is 0.790. The molecular formula is C23H27N3O4. The van der Waals surface area contributed by atoms with Crippen LogP contribution in [0.15, 0.2) is 60.7 Å². The number of nitrogens with zero attached hydrogens (tertiary/aromatic N) is 1. The molecule has 0 bridgehead atoms. The fraction of sp³-hybridized carbons (Fsp3) is 0.348. The zero-order valence-corrected chi connectivity index (χ0v) is 17.3. The van der Waals surface area contributed by atoms with Gasteiger partial charge in [-0.25, -0.2) is 4.79 Å². The lowest BCUT2D eigenvalue weighted by atomic mass is 9.82. The topological polar surface area (TPSA) is 87.7 Å². The van der Waals surface area contributed by atoms with Gasteiger partial charge in [0.25, 0.3) is 5.91 Å². The Labute approximate surface area is 176 Å². The van der Waals surface area contributed by atoms with Gasteiger partial charge >= 0.3 is 6.03 Å². The van der Waals surface area contributed by atoms with Crippen LogP contribution in [0, 0.1) is 0 Å². The van der Waals surface area contributed by atoms with Gasteiger partial charge in [0.05, 0.1) is 6.10 Å². The van der Waals surface area contributed by atoms with Gasteiger partial charge in [-0.1, -0.05) is 60.7 Å². The fourth-order valence-electron chi connectivity index (χ4n) is 3.47. The molecule has 1 aliphatic heterocycles. The molecule has 1 aliphatic rings. The average Bonchev–Trinajstić information content (AvgIpc) is 3.00. The Bertz CT molecular complexity index is 844. The second-order valence-corrected chi connectivity index (χ2v) is 7.43. The molecule has 0 atom stereocenters. The van der Waals surface area contributed by atoms with Crippen molar-refractivity contribution in [1.29, 1.82) is 0 Å². The third-order valence-corrected chi connectivity index (χ3v) is 4.92. The van der Waals surface area contributed by atoms with Gasteiger partial charge in [-0.05, 0) is 31.4 Å². The number of hydrogen-bond donors (Lipinski definition) is 2. The summed E-state index contributed by atoms with van der Waals surface area (Å²) in [5.41, 5.74) is -0.0723. The summed E-state index contributed by atoms with van der Waals surface area (Å²) in [5.74, 6) is -0.858. The maximum Gasteiger partial charge on any atom is 0.326 e. The Hall–Kier alpha value is -3.19. The number of amides is 4. The van der Waals surface area contributed by atoms with Crippen molar-refractivity contribution in [2.45, 2.75) is 31.9 Å². The quantitative estimate of drug-likeness (QED) is 0.492. The Morgan fingerprint density at radius 1 is 1.03 bits per heavy atom. The van der Waals surface area contributed by atoms with Crippen LogP contribution in [-0.2, 0) is 19.9 Å². The third kappa shape index (κ3) is 4.52. The molecule has 7 nitrogen and oxygen atoms in total. The number of hydrogen-bond acceptors (Lipinski definition) is 4. The molecule has 0 unspecified atom stereocenters. The smallest absolute Gasteiger partial charge is 0.326 e. The molecule has 0 radical (unpaired) electrons. The standard InChI is InChI=1S/C23H27N3O4/c1-17(2)30-15-9-14-24-20(27)16-26-21(28)23(25-22(26)29,18-10-5-3-6-11-18)19-12-7-4-8-13-19/h3-8,10-13,17H,9,14-16H2,1-2H3,(H,24,27)(H,25,29).